The van der Waals surface area contributed by atoms with Crippen molar-refractivity contribution in [1.29, 1.82) is 0 Å². The Kier molecular flexibility index (Phi) is 4.29. The molecule has 3 nitrogen and oxygen atoms in total. The summed E-state index contributed by atoms with van der Waals surface area (Å²) in [5.41, 5.74) is 6.62. The van der Waals surface area contributed by atoms with Crippen molar-refractivity contribution < 1.29 is 9.18 Å². The summed E-state index contributed by atoms with van der Waals surface area (Å²) in [5.74, 6) is -0.654. The van der Waals surface area contributed by atoms with Crippen LogP contribution in [-0.2, 0) is 6.54 Å². The molecule has 1 aromatic heterocycles. The number of carbonyl (C=O) groups is 1. The third-order valence-corrected chi connectivity index (χ3v) is 3.81. The fraction of sp³-hybridized carbons (Fsp3) is 0.214. The molecule has 2 aromatic rings. The molecule has 2 rings (SSSR count). The van der Waals surface area contributed by atoms with Crippen molar-refractivity contribution in [2.24, 2.45) is 5.73 Å². The van der Waals surface area contributed by atoms with E-state index in [4.69, 9.17) is 5.73 Å². The van der Waals surface area contributed by atoms with E-state index in [1.165, 1.54) is 23.5 Å². The molecule has 1 atom stereocenters. The molecule has 0 spiro atoms. The van der Waals surface area contributed by atoms with Gasteiger partial charge in [0, 0.05) is 22.8 Å². The van der Waals surface area contributed by atoms with Crippen LogP contribution in [0.3, 0.4) is 0 Å². The third kappa shape index (κ3) is 3.62. The van der Waals surface area contributed by atoms with E-state index in [-0.39, 0.29) is 11.9 Å². The molecule has 0 unspecified atom stereocenters. The molecule has 100 valence electrons. The molecule has 1 heterocycles. The molecule has 0 aliphatic heterocycles. The number of amides is 1. The summed E-state index contributed by atoms with van der Waals surface area (Å²) in [7, 11) is 0. The first-order valence-electron chi connectivity index (χ1n) is 5.92. The van der Waals surface area contributed by atoms with Gasteiger partial charge in [-0.05, 0) is 30.7 Å². The van der Waals surface area contributed by atoms with Crippen molar-refractivity contribution >= 4 is 17.2 Å². The minimum Gasteiger partial charge on any atom is -0.366 e. The molecule has 3 N–H and O–H groups in total. The van der Waals surface area contributed by atoms with Crippen molar-refractivity contribution in [3.05, 3.63) is 57.5 Å². The zero-order valence-corrected chi connectivity index (χ0v) is 11.3. The lowest BCUT2D eigenvalue weighted by Gasteiger charge is -2.13. The lowest BCUT2D eigenvalue weighted by Crippen LogP contribution is -2.17. The van der Waals surface area contributed by atoms with Gasteiger partial charge in [-0.25, -0.2) is 4.39 Å². The van der Waals surface area contributed by atoms with Gasteiger partial charge >= 0.3 is 0 Å². The summed E-state index contributed by atoms with van der Waals surface area (Å²) in [6.45, 7) is 2.59. The second-order valence-electron chi connectivity index (χ2n) is 4.32. The second-order valence-corrected chi connectivity index (χ2v) is 5.32. The van der Waals surface area contributed by atoms with Crippen LogP contribution in [-0.4, -0.2) is 5.91 Å². The lowest BCUT2D eigenvalue weighted by molar-refractivity contribution is 0.100. The molecule has 0 saturated carbocycles. The van der Waals surface area contributed by atoms with Crippen molar-refractivity contribution in [2.45, 2.75) is 19.5 Å². The van der Waals surface area contributed by atoms with Crippen LogP contribution >= 0.6 is 11.3 Å². The van der Waals surface area contributed by atoms with Gasteiger partial charge in [0.2, 0.25) is 5.91 Å². The molecule has 0 aliphatic carbocycles. The van der Waals surface area contributed by atoms with Gasteiger partial charge in [-0.15, -0.1) is 11.3 Å². The van der Waals surface area contributed by atoms with E-state index >= 15 is 0 Å². The maximum atomic E-state index is 13.1. The molecule has 0 saturated heterocycles. The summed E-state index contributed by atoms with van der Waals surface area (Å²) in [6.07, 6.45) is 0. The third-order valence-electron chi connectivity index (χ3n) is 2.87. The van der Waals surface area contributed by atoms with E-state index in [2.05, 4.69) is 5.32 Å². The fourth-order valence-electron chi connectivity index (χ4n) is 1.75. The zero-order valence-electron chi connectivity index (χ0n) is 10.5. The van der Waals surface area contributed by atoms with Crippen LogP contribution in [0, 0.1) is 5.82 Å². The first-order valence-corrected chi connectivity index (χ1v) is 6.80. The second kappa shape index (κ2) is 5.95. The van der Waals surface area contributed by atoms with E-state index in [1.54, 1.807) is 17.5 Å². The zero-order chi connectivity index (χ0) is 13.8. The minimum atomic E-state index is -0.416. The molecule has 5 heteroatoms. The number of hydrogen-bond acceptors (Lipinski definition) is 3. The average molecular weight is 278 g/mol. The standard InChI is InChI=1S/C14H15FN2OS/c1-9(10-3-2-4-12(15)5-10)17-7-13-6-11(8-19-13)14(16)18/h2-6,8-9,17H,7H2,1H3,(H2,16,18)/t9-/m0/s1. The molecule has 19 heavy (non-hydrogen) atoms. The Labute approximate surface area is 115 Å². The molecule has 1 amide bonds. The number of primary amides is 1. The number of nitrogens with two attached hydrogens (primary N) is 1. The van der Waals surface area contributed by atoms with Crippen LogP contribution in [0.25, 0.3) is 0 Å². The van der Waals surface area contributed by atoms with Gasteiger partial charge in [-0.1, -0.05) is 12.1 Å². The van der Waals surface area contributed by atoms with Crippen molar-refractivity contribution in [3.8, 4) is 0 Å². The van der Waals surface area contributed by atoms with Crippen molar-refractivity contribution in [3.63, 3.8) is 0 Å². The molecule has 1 aromatic carbocycles. The van der Waals surface area contributed by atoms with Gasteiger partial charge in [0.25, 0.3) is 0 Å². The quantitative estimate of drug-likeness (QED) is 0.883. The highest BCUT2D eigenvalue weighted by atomic mass is 32.1. The highest BCUT2D eigenvalue weighted by molar-refractivity contribution is 7.10. The monoisotopic (exact) mass is 278 g/mol. The Morgan fingerprint density at radius 2 is 2.26 bits per heavy atom. The van der Waals surface area contributed by atoms with E-state index in [0.29, 0.717) is 12.1 Å². The molecule has 0 bridgehead atoms. The largest absolute Gasteiger partial charge is 0.366 e. The number of carbonyl (C=O) groups excluding carboxylic acids is 1. The first kappa shape index (κ1) is 13.7. The topological polar surface area (TPSA) is 55.1 Å². The minimum absolute atomic E-state index is 0.0369. The lowest BCUT2D eigenvalue weighted by atomic mass is 10.1. The number of benzene rings is 1. The summed E-state index contributed by atoms with van der Waals surface area (Å²) >= 11 is 1.48. The summed E-state index contributed by atoms with van der Waals surface area (Å²) < 4.78 is 13.1. The van der Waals surface area contributed by atoms with Gasteiger partial charge in [-0.3, -0.25) is 4.79 Å². The highest BCUT2D eigenvalue weighted by Gasteiger charge is 2.08. The number of thiophene rings is 1. The summed E-state index contributed by atoms with van der Waals surface area (Å²) in [6, 6.07) is 8.33. The van der Waals surface area contributed by atoms with E-state index in [1.807, 2.05) is 13.0 Å². The molecular weight excluding hydrogens is 263 g/mol. The maximum Gasteiger partial charge on any atom is 0.249 e. The van der Waals surface area contributed by atoms with Crippen molar-refractivity contribution in [2.75, 3.05) is 0 Å². The van der Waals surface area contributed by atoms with Crippen LogP contribution in [0.1, 0.15) is 33.8 Å². The molecule has 0 aliphatic rings. The Balaban J connectivity index is 1.96. The van der Waals surface area contributed by atoms with Crippen molar-refractivity contribution in [1.82, 2.24) is 5.32 Å². The van der Waals surface area contributed by atoms with Crippen LogP contribution < -0.4 is 11.1 Å². The molecule has 0 fully saturated rings. The smallest absolute Gasteiger partial charge is 0.249 e. The maximum absolute atomic E-state index is 13.1. The van der Waals surface area contributed by atoms with Crippen LogP contribution in [0.4, 0.5) is 4.39 Å². The number of hydrogen-bond donors (Lipinski definition) is 2. The van der Waals surface area contributed by atoms with Gasteiger partial charge in [0.1, 0.15) is 5.82 Å². The Morgan fingerprint density at radius 3 is 2.89 bits per heavy atom. The molecule has 0 radical (unpaired) electrons. The summed E-state index contributed by atoms with van der Waals surface area (Å²) in [5, 5.41) is 5.03. The average Bonchev–Trinajstić information content (AvgIpc) is 2.85. The van der Waals surface area contributed by atoms with E-state index in [9.17, 15) is 9.18 Å². The van der Waals surface area contributed by atoms with Crippen LogP contribution in [0.5, 0.6) is 0 Å². The normalized spacial score (nSPS) is 12.3. The van der Waals surface area contributed by atoms with Crippen LogP contribution in [0.2, 0.25) is 0 Å². The Morgan fingerprint density at radius 1 is 1.47 bits per heavy atom. The Bertz CT molecular complexity index is 582. The van der Waals surface area contributed by atoms with E-state index < -0.39 is 5.91 Å². The fourth-order valence-corrected chi connectivity index (χ4v) is 2.57. The van der Waals surface area contributed by atoms with Crippen LogP contribution in [0.15, 0.2) is 35.7 Å². The summed E-state index contributed by atoms with van der Waals surface area (Å²) in [4.78, 5) is 12.0. The highest BCUT2D eigenvalue weighted by Crippen LogP contribution is 2.17. The molecular formula is C14H15FN2OS. The predicted octanol–water partition coefficient (Wildman–Crippen LogP) is 2.84. The first-order chi connectivity index (χ1) is 9.06. The van der Waals surface area contributed by atoms with Gasteiger partial charge in [0.15, 0.2) is 0 Å². The van der Waals surface area contributed by atoms with E-state index in [0.717, 1.165) is 10.4 Å². The SMILES string of the molecule is C[C@H](NCc1cc(C(N)=O)cs1)c1cccc(F)c1. The number of halogens is 1. The van der Waals surface area contributed by atoms with Gasteiger partial charge in [0.05, 0.1) is 5.56 Å². The number of nitrogens with one attached hydrogen (secondary N) is 1. The Hall–Kier alpha value is -1.72. The number of rotatable bonds is 5. The van der Waals surface area contributed by atoms with Gasteiger partial charge < -0.3 is 11.1 Å². The van der Waals surface area contributed by atoms with Gasteiger partial charge in [-0.2, -0.15) is 0 Å². The predicted molar refractivity (Wildman–Crippen MR) is 74.5 cm³/mol.